The average Bonchev–Trinajstić information content (AvgIpc) is 3.11. The molecule has 1 aromatic carbocycles. The van der Waals surface area contributed by atoms with Crippen molar-refractivity contribution in [2.45, 2.75) is 6.92 Å². The fraction of sp³-hybridized carbons (Fsp3) is 0.167. The van der Waals surface area contributed by atoms with Gasteiger partial charge in [0.2, 0.25) is 18.3 Å². The number of nitrogens with two attached hydrogens (primary N) is 1. The number of nitrogens with zero attached hydrogens (tertiary/aromatic N) is 3. The Morgan fingerprint density at radius 3 is 2.90 bits per heavy atom. The first kappa shape index (κ1) is 12.9. The second kappa shape index (κ2) is 5.12. The molecule has 108 valence electrons. The molecule has 0 saturated carbocycles. The molecule has 2 heterocycles. The molecule has 9 heteroatoms. The van der Waals surface area contributed by atoms with Crippen LogP contribution in [0.25, 0.3) is 0 Å². The summed E-state index contributed by atoms with van der Waals surface area (Å²) in [4.78, 5) is 11.7. The van der Waals surface area contributed by atoms with Gasteiger partial charge < -0.3 is 15.2 Å². The molecule has 0 saturated heterocycles. The zero-order valence-corrected chi connectivity index (χ0v) is 11.0. The van der Waals surface area contributed by atoms with E-state index in [1.165, 1.54) is 0 Å². The van der Waals surface area contributed by atoms with Gasteiger partial charge in [-0.2, -0.15) is 5.10 Å². The highest BCUT2D eigenvalue weighted by atomic mass is 16.7. The van der Waals surface area contributed by atoms with Crippen molar-refractivity contribution in [3.63, 3.8) is 0 Å². The number of carbonyl (C=O) groups excluding carboxylic acids is 1. The van der Waals surface area contributed by atoms with Crippen LogP contribution >= 0.6 is 0 Å². The van der Waals surface area contributed by atoms with Crippen molar-refractivity contribution in [2.75, 3.05) is 12.5 Å². The van der Waals surface area contributed by atoms with Gasteiger partial charge in [-0.25, -0.2) is 10.1 Å². The highest BCUT2D eigenvalue weighted by Crippen LogP contribution is 2.32. The molecular weight excluding hydrogens is 278 g/mol. The topological polar surface area (TPSA) is 125 Å². The minimum absolute atomic E-state index is 0.0940. The number of hydrazone groups is 1. The van der Waals surface area contributed by atoms with Gasteiger partial charge in [-0.1, -0.05) is 0 Å². The number of rotatable bonds is 3. The summed E-state index contributed by atoms with van der Waals surface area (Å²) in [5.41, 5.74) is 8.99. The first-order chi connectivity index (χ1) is 10.1. The van der Waals surface area contributed by atoms with Crippen LogP contribution in [0.3, 0.4) is 0 Å². The maximum absolute atomic E-state index is 11.7. The van der Waals surface area contributed by atoms with Crippen LogP contribution in [0.2, 0.25) is 0 Å². The number of fused-ring (bicyclic) bond motifs is 1. The minimum atomic E-state index is -0.603. The lowest BCUT2D eigenvalue weighted by atomic mass is 10.1. The van der Waals surface area contributed by atoms with Gasteiger partial charge in [0.05, 0.1) is 5.71 Å². The number of hydrogen-bond donors (Lipinski definition) is 2. The summed E-state index contributed by atoms with van der Waals surface area (Å²) in [7, 11) is 0. The predicted octanol–water partition coefficient (Wildman–Crippen LogP) is 0.534. The molecule has 0 radical (unpaired) electrons. The third-order valence-electron chi connectivity index (χ3n) is 2.84. The lowest BCUT2D eigenvalue weighted by molar-refractivity contribution is 0.0945. The Morgan fingerprint density at radius 1 is 1.33 bits per heavy atom. The Morgan fingerprint density at radius 2 is 2.14 bits per heavy atom. The molecule has 0 aliphatic carbocycles. The molecule has 0 bridgehead atoms. The van der Waals surface area contributed by atoms with Gasteiger partial charge in [-0.3, -0.25) is 4.79 Å². The number of carbonyl (C=O) groups is 1. The summed E-state index contributed by atoms with van der Waals surface area (Å²) in [5, 5.41) is 10.7. The van der Waals surface area contributed by atoms with Crippen LogP contribution in [0, 0.1) is 0 Å². The predicted molar refractivity (Wildman–Crippen MR) is 71.0 cm³/mol. The number of benzene rings is 1. The quantitative estimate of drug-likeness (QED) is 0.623. The number of nitrogen functional groups attached to an aromatic ring is 1. The normalized spacial score (nSPS) is 13.3. The standard InChI is InChI=1S/C12H11N5O4/c1-6(7-2-3-8-9(4-7)20-5-19-8)14-15-12(18)10-11(13)17-21-16-10/h2-4H,5H2,1H3,(H2,13,17)(H,15,18). The Bertz CT molecular complexity index is 724. The smallest absolute Gasteiger partial charge is 0.297 e. The van der Waals surface area contributed by atoms with Crippen LogP contribution in [-0.2, 0) is 0 Å². The van der Waals surface area contributed by atoms with Crippen molar-refractivity contribution in [2.24, 2.45) is 5.10 Å². The SMILES string of the molecule is CC(=NNC(=O)c1nonc1N)c1ccc2c(c1)OCO2. The number of hydrogen-bond acceptors (Lipinski definition) is 8. The Hall–Kier alpha value is -3.10. The molecule has 3 rings (SSSR count). The maximum atomic E-state index is 11.7. The number of aromatic nitrogens is 2. The molecule has 1 aromatic heterocycles. The summed E-state index contributed by atoms with van der Waals surface area (Å²) in [6, 6.07) is 5.36. The Kier molecular flexibility index (Phi) is 3.14. The van der Waals surface area contributed by atoms with E-state index in [2.05, 4.69) is 25.5 Å². The fourth-order valence-electron chi connectivity index (χ4n) is 1.73. The first-order valence-electron chi connectivity index (χ1n) is 5.98. The van der Waals surface area contributed by atoms with Gasteiger partial charge in [0, 0.05) is 5.56 Å². The van der Waals surface area contributed by atoms with Crippen molar-refractivity contribution >= 4 is 17.4 Å². The average molecular weight is 289 g/mol. The maximum Gasteiger partial charge on any atom is 0.297 e. The summed E-state index contributed by atoms with van der Waals surface area (Å²) in [6.07, 6.45) is 0. The molecular formula is C12H11N5O4. The summed E-state index contributed by atoms with van der Waals surface area (Å²) < 4.78 is 14.8. The third kappa shape index (κ3) is 2.48. The number of ether oxygens (including phenoxy) is 2. The third-order valence-corrected chi connectivity index (χ3v) is 2.84. The van der Waals surface area contributed by atoms with Crippen molar-refractivity contribution in [1.29, 1.82) is 0 Å². The van der Waals surface area contributed by atoms with E-state index in [0.717, 1.165) is 5.56 Å². The van der Waals surface area contributed by atoms with Crippen molar-refractivity contribution < 1.29 is 18.9 Å². The van der Waals surface area contributed by atoms with Crippen LogP contribution in [0.4, 0.5) is 5.82 Å². The molecule has 0 unspecified atom stereocenters. The number of anilines is 1. The van der Waals surface area contributed by atoms with Crippen LogP contribution in [0.15, 0.2) is 27.9 Å². The summed E-state index contributed by atoms with van der Waals surface area (Å²) in [6.45, 7) is 1.94. The molecule has 21 heavy (non-hydrogen) atoms. The van der Waals surface area contributed by atoms with E-state index in [4.69, 9.17) is 15.2 Å². The van der Waals surface area contributed by atoms with Crippen LogP contribution in [0.1, 0.15) is 23.0 Å². The Balaban J connectivity index is 1.74. The molecule has 2 aromatic rings. The van der Waals surface area contributed by atoms with E-state index < -0.39 is 5.91 Å². The molecule has 0 spiro atoms. The molecule has 1 amide bonds. The van der Waals surface area contributed by atoms with Gasteiger partial charge >= 0.3 is 0 Å². The van der Waals surface area contributed by atoms with Gasteiger partial charge in [-0.15, -0.1) is 0 Å². The monoisotopic (exact) mass is 289 g/mol. The van der Waals surface area contributed by atoms with Crippen LogP contribution in [0.5, 0.6) is 11.5 Å². The summed E-state index contributed by atoms with van der Waals surface area (Å²) in [5.74, 6) is 0.618. The van der Waals surface area contributed by atoms with E-state index in [9.17, 15) is 4.79 Å². The molecule has 9 nitrogen and oxygen atoms in total. The zero-order chi connectivity index (χ0) is 14.8. The molecule has 1 aliphatic rings. The highest BCUT2D eigenvalue weighted by molar-refractivity contribution is 6.01. The highest BCUT2D eigenvalue weighted by Gasteiger charge is 2.16. The summed E-state index contributed by atoms with van der Waals surface area (Å²) >= 11 is 0. The van der Waals surface area contributed by atoms with E-state index in [-0.39, 0.29) is 18.3 Å². The van der Waals surface area contributed by atoms with E-state index in [1.807, 2.05) is 6.07 Å². The zero-order valence-electron chi connectivity index (χ0n) is 11.0. The lowest BCUT2D eigenvalue weighted by Gasteiger charge is -2.03. The van der Waals surface area contributed by atoms with Crippen molar-refractivity contribution in [3.8, 4) is 11.5 Å². The second-order valence-corrected chi connectivity index (χ2v) is 4.20. The first-order valence-corrected chi connectivity index (χ1v) is 5.98. The van der Waals surface area contributed by atoms with Crippen molar-refractivity contribution in [1.82, 2.24) is 15.7 Å². The number of nitrogens with one attached hydrogen (secondary N) is 1. The largest absolute Gasteiger partial charge is 0.454 e. The number of amides is 1. The van der Waals surface area contributed by atoms with Crippen LogP contribution < -0.4 is 20.6 Å². The molecule has 0 fully saturated rings. The van der Waals surface area contributed by atoms with E-state index in [1.54, 1.807) is 19.1 Å². The van der Waals surface area contributed by atoms with Gasteiger partial charge in [0.15, 0.2) is 11.5 Å². The van der Waals surface area contributed by atoms with Gasteiger partial charge in [0.1, 0.15) is 0 Å². The molecule has 0 atom stereocenters. The van der Waals surface area contributed by atoms with Crippen LogP contribution in [-0.4, -0.2) is 28.7 Å². The van der Waals surface area contributed by atoms with E-state index in [0.29, 0.717) is 17.2 Å². The minimum Gasteiger partial charge on any atom is -0.454 e. The van der Waals surface area contributed by atoms with Gasteiger partial charge in [-0.05, 0) is 35.4 Å². The Labute approximate surface area is 118 Å². The fourth-order valence-corrected chi connectivity index (χ4v) is 1.73. The molecule has 3 N–H and O–H groups in total. The van der Waals surface area contributed by atoms with Crippen molar-refractivity contribution in [3.05, 3.63) is 29.5 Å². The van der Waals surface area contributed by atoms with Gasteiger partial charge in [0.25, 0.3) is 5.91 Å². The lowest BCUT2D eigenvalue weighted by Crippen LogP contribution is -2.20. The van der Waals surface area contributed by atoms with E-state index >= 15 is 0 Å². The molecule has 1 aliphatic heterocycles. The second-order valence-electron chi connectivity index (χ2n) is 4.20.